The summed E-state index contributed by atoms with van der Waals surface area (Å²) in [5, 5.41) is 16.6. The molecule has 0 aromatic carbocycles. The van der Waals surface area contributed by atoms with Crippen LogP contribution in [0.5, 0.6) is 0 Å². The maximum Gasteiger partial charge on any atom is 0.243 e. The van der Waals surface area contributed by atoms with E-state index in [0.29, 0.717) is 5.95 Å². The molecule has 0 amide bonds. The second-order valence-corrected chi connectivity index (χ2v) is 4.83. The Morgan fingerprint density at radius 1 is 1.59 bits per heavy atom. The third-order valence-corrected chi connectivity index (χ3v) is 3.02. The molecule has 1 unspecified atom stereocenters. The lowest BCUT2D eigenvalue weighted by molar-refractivity contribution is 0.183. The first-order valence-corrected chi connectivity index (χ1v) is 6.39. The molecule has 0 aliphatic carbocycles. The summed E-state index contributed by atoms with van der Waals surface area (Å²) >= 11 is 3.43. The van der Waals surface area contributed by atoms with E-state index in [1.54, 1.807) is 11.4 Å². The number of anilines is 1. The van der Waals surface area contributed by atoms with Crippen LogP contribution >= 0.6 is 15.9 Å². The van der Waals surface area contributed by atoms with Gasteiger partial charge in [-0.25, -0.2) is 4.52 Å². The molecule has 0 radical (unpaired) electrons. The molecule has 92 valence electrons. The van der Waals surface area contributed by atoms with Crippen LogP contribution in [0.3, 0.4) is 0 Å². The van der Waals surface area contributed by atoms with E-state index < -0.39 is 0 Å². The minimum Gasteiger partial charge on any atom is -0.393 e. The second-order valence-electron chi connectivity index (χ2n) is 3.98. The Bertz CT molecular complexity index is 497. The molecule has 0 fully saturated rings. The third kappa shape index (κ3) is 3.17. The summed E-state index contributed by atoms with van der Waals surface area (Å²) in [6.45, 7) is 2.56. The predicted molar refractivity (Wildman–Crippen MR) is 70.1 cm³/mol. The van der Waals surface area contributed by atoms with Crippen LogP contribution in [0.4, 0.5) is 5.95 Å². The highest BCUT2D eigenvalue weighted by Crippen LogP contribution is 2.16. The highest BCUT2D eigenvalue weighted by Gasteiger charge is 2.05. The zero-order valence-corrected chi connectivity index (χ0v) is 11.2. The van der Waals surface area contributed by atoms with Gasteiger partial charge in [-0.05, 0) is 47.8 Å². The van der Waals surface area contributed by atoms with Gasteiger partial charge in [0, 0.05) is 12.7 Å². The van der Waals surface area contributed by atoms with Crippen LogP contribution in [-0.4, -0.2) is 32.4 Å². The number of hydrogen-bond acceptors (Lipinski definition) is 4. The van der Waals surface area contributed by atoms with Crippen LogP contribution in [0.1, 0.15) is 19.8 Å². The summed E-state index contributed by atoms with van der Waals surface area (Å²) in [6.07, 6.45) is 3.28. The van der Waals surface area contributed by atoms with Crippen molar-refractivity contribution >= 4 is 27.5 Å². The molecule has 5 nitrogen and oxygen atoms in total. The molecule has 2 N–H and O–H groups in total. The summed E-state index contributed by atoms with van der Waals surface area (Å²) in [5.41, 5.74) is 0.797. The second kappa shape index (κ2) is 5.46. The van der Waals surface area contributed by atoms with Gasteiger partial charge in [0.2, 0.25) is 5.95 Å². The fraction of sp³-hybridized carbons (Fsp3) is 0.455. The van der Waals surface area contributed by atoms with Gasteiger partial charge >= 0.3 is 0 Å². The number of rotatable bonds is 5. The van der Waals surface area contributed by atoms with Crippen molar-refractivity contribution in [3.05, 3.63) is 22.8 Å². The molecule has 6 heteroatoms. The summed E-state index contributed by atoms with van der Waals surface area (Å²) in [5.74, 6) is 0.613. The molecule has 0 aliphatic rings. The van der Waals surface area contributed by atoms with E-state index in [9.17, 15) is 0 Å². The summed E-state index contributed by atoms with van der Waals surface area (Å²) in [4.78, 5) is 4.36. The first-order chi connectivity index (χ1) is 8.16. The minimum atomic E-state index is -0.250. The van der Waals surface area contributed by atoms with Crippen molar-refractivity contribution in [2.45, 2.75) is 25.9 Å². The number of fused-ring (bicyclic) bond motifs is 1. The van der Waals surface area contributed by atoms with Crippen molar-refractivity contribution in [2.24, 2.45) is 0 Å². The molecular weight excluding hydrogens is 284 g/mol. The minimum absolute atomic E-state index is 0.250. The largest absolute Gasteiger partial charge is 0.393 e. The molecular formula is C11H15BrN4O. The topological polar surface area (TPSA) is 62.5 Å². The van der Waals surface area contributed by atoms with Gasteiger partial charge in [-0.15, -0.1) is 5.10 Å². The fourth-order valence-corrected chi connectivity index (χ4v) is 1.97. The van der Waals surface area contributed by atoms with Crippen LogP contribution in [0.25, 0.3) is 5.65 Å². The van der Waals surface area contributed by atoms with Crippen LogP contribution in [0.2, 0.25) is 0 Å². The molecule has 17 heavy (non-hydrogen) atoms. The summed E-state index contributed by atoms with van der Waals surface area (Å²) in [7, 11) is 0. The number of halogens is 1. The smallest absolute Gasteiger partial charge is 0.243 e. The number of aliphatic hydroxyl groups is 1. The van der Waals surface area contributed by atoms with Gasteiger partial charge in [0.1, 0.15) is 0 Å². The van der Waals surface area contributed by atoms with Crippen LogP contribution in [-0.2, 0) is 0 Å². The molecule has 1 atom stereocenters. The van der Waals surface area contributed by atoms with Crippen molar-refractivity contribution in [1.82, 2.24) is 14.6 Å². The zero-order chi connectivity index (χ0) is 12.3. The number of aliphatic hydroxyl groups excluding tert-OH is 1. The fourth-order valence-electron chi connectivity index (χ4n) is 1.55. The van der Waals surface area contributed by atoms with Gasteiger partial charge in [-0.1, -0.05) is 0 Å². The van der Waals surface area contributed by atoms with Gasteiger partial charge in [0.15, 0.2) is 5.65 Å². The van der Waals surface area contributed by atoms with E-state index >= 15 is 0 Å². The van der Waals surface area contributed by atoms with Crippen LogP contribution < -0.4 is 5.32 Å². The van der Waals surface area contributed by atoms with E-state index in [4.69, 9.17) is 5.11 Å². The van der Waals surface area contributed by atoms with Crippen LogP contribution in [0, 0.1) is 0 Å². The summed E-state index contributed by atoms with van der Waals surface area (Å²) < 4.78 is 2.64. The van der Waals surface area contributed by atoms with Crippen molar-refractivity contribution in [1.29, 1.82) is 0 Å². The Morgan fingerprint density at radius 2 is 2.41 bits per heavy atom. The first kappa shape index (κ1) is 12.3. The highest BCUT2D eigenvalue weighted by molar-refractivity contribution is 9.10. The van der Waals surface area contributed by atoms with E-state index in [1.165, 1.54) is 0 Å². The molecule has 0 bridgehead atoms. The lowest BCUT2D eigenvalue weighted by atomic mass is 10.2. The van der Waals surface area contributed by atoms with Crippen molar-refractivity contribution in [3.63, 3.8) is 0 Å². The monoisotopic (exact) mass is 298 g/mol. The number of nitrogens with one attached hydrogen (secondary N) is 1. The molecule has 2 heterocycles. The van der Waals surface area contributed by atoms with Gasteiger partial charge in [0.05, 0.1) is 10.6 Å². The molecule has 0 aliphatic heterocycles. The number of aromatic nitrogens is 3. The molecule has 0 spiro atoms. The summed E-state index contributed by atoms with van der Waals surface area (Å²) in [6, 6.07) is 3.84. The van der Waals surface area contributed by atoms with Gasteiger partial charge in [0.25, 0.3) is 0 Å². The molecule has 2 aromatic heterocycles. The molecule has 0 saturated heterocycles. The Hall–Kier alpha value is -1.14. The maximum absolute atomic E-state index is 9.13. The quantitative estimate of drug-likeness (QED) is 0.830. The molecule has 2 aromatic rings. The van der Waals surface area contributed by atoms with Crippen molar-refractivity contribution < 1.29 is 5.11 Å². The van der Waals surface area contributed by atoms with Gasteiger partial charge in [-0.2, -0.15) is 4.98 Å². The number of pyridine rings is 1. The van der Waals surface area contributed by atoms with Crippen molar-refractivity contribution in [3.8, 4) is 0 Å². The average Bonchev–Trinajstić information content (AvgIpc) is 2.69. The van der Waals surface area contributed by atoms with Crippen molar-refractivity contribution in [2.75, 3.05) is 11.9 Å². The lowest BCUT2D eigenvalue weighted by Gasteiger charge is -2.03. The number of hydrogen-bond donors (Lipinski definition) is 2. The van der Waals surface area contributed by atoms with Gasteiger partial charge in [-0.3, -0.25) is 0 Å². The van der Waals surface area contributed by atoms with Crippen LogP contribution in [0.15, 0.2) is 22.8 Å². The highest BCUT2D eigenvalue weighted by atomic mass is 79.9. The Balaban J connectivity index is 1.98. The zero-order valence-electron chi connectivity index (χ0n) is 9.60. The Kier molecular flexibility index (Phi) is 3.96. The first-order valence-electron chi connectivity index (χ1n) is 5.59. The maximum atomic E-state index is 9.13. The normalized spacial score (nSPS) is 12.9. The van der Waals surface area contributed by atoms with E-state index in [0.717, 1.165) is 29.5 Å². The van der Waals surface area contributed by atoms with E-state index in [-0.39, 0.29) is 6.10 Å². The van der Waals surface area contributed by atoms with E-state index in [1.807, 2.05) is 18.3 Å². The standard InChI is InChI=1S/C11H15BrN4O/c1-8(17)4-2-6-13-11-14-10-9(12)5-3-7-16(10)15-11/h3,5,7-8,17H,2,4,6H2,1H3,(H,13,15). The number of nitrogens with zero attached hydrogens (tertiary/aromatic N) is 3. The SMILES string of the molecule is CC(O)CCCNc1nc2c(Br)cccn2n1. The Labute approximate surface area is 108 Å². The molecule has 0 saturated carbocycles. The lowest BCUT2D eigenvalue weighted by Crippen LogP contribution is -2.07. The van der Waals surface area contributed by atoms with Gasteiger partial charge < -0.3 is 10.4 Å². The third-order valence-electron chi connectivity index (χ3n) is 2.40. The van der Waals surface area contributed by atoms with E-state index in [2.05, 4.69) is 31.3 Å². The predicted octanol–water partition coefficient (Wildman–Crippen LogP) is 2.06. The average molecular weight is 299 g/mol. The Morgan fingerprint density at radius 3 is 3.12 bits per heavy atom. The molecule has 2 rings (SSSR count).